The van der Waals surface area contributed by atoms with Crippen LogP contribution in [0.2, 0.25) is 0 Å². The van der Waals surface area contributed by atoms with E-state index in [0.717, 1.165) is 6.07 Å². The first-order chi connectivity index (χ1) is 14.1. The maximum atomic E-state index is 12.8. The monoisotopic (exact) mass is 437 g/mol. The third-order valence-corrected chi connectivity index (χ3v) is 5.68. The summed E-state index contributed by atoms with van der Waals surface area (Å²) in [6.45, 7) is 0. The molecule has 2 aromatic carbocycles. The molecule has 3 rings (SSSR count). The van der Waals surface area contributed by atoms with Crippen molar-refractivity contribution in [2.24, 2.45) is 0 Å². The number of nitro groups is 1. The maximum absolute atomic E-state index is 12.8. The average molecular weight is 437 g/mol. The van der Waals surface area contributed by atoms with Crippen LogP contribution in [-0.2, 0) is 9.84 Å². The van der Waals surface area contributed by atoms with Crippen molar-refractivity contribution in [3.63, 3.8) is 0 Å². The molecule has 1 atom stereocenters. The van der Waals surface area contributed by atoms with Gasteiger partial charge < -0.3 is 5.32 Å². The van der Waals surface area contributed by atoms with Gasteiger partial charge in [-0.25, -0.2) is 8.42 Å². The van der Waals surface area contributed by atoms with Crippen LogP contribution in [0.4, 0.5) is 24.5 Å². The number of nitro benzene ring substituents is 1. The van der Waals surface area contributed by atoms with E-state index in [0.29, 0.717) is 23.4 Å². The third kappa shape index (κ3) is 4.25. The van der Waals surface area contributed by atoms with Crippen LogP contribution < -0.4 is 5.32 Å². The Morgan fingerprint density at radius 1 is 1.00 bits per heavy atom. The largest absolute Gasteiger partial charge is 0.501 e. The molecule has 3 aromatic rings. The highest BCUT2D eigenvalue weighted by Crippen LogP contribution is 2.36. The first kappa shape index (κ1) is 21.2. The molecule has 0 aliphatic rings. The number of benzene rings is 2. The van der Waals surface area contributed by atoms with E-state index < -0.39 is 36.9 Å². The molecule has 30 heavy (non-hydrogen) atoms. The predicted octanol–water partition coefficient (Wildman–Crippen LogP) is 4.48. The van der Waals surface area contributed by atoms with E-state index in [2.05, 4.69) is 10.3 Å². The van der Waals surface area contributed by atoms with Gasteiger partial charge in [-0.15, -0.1) is 0 Å². The standard InChI is InChI=1S/C19H14F3N3O4S/c20-19(21,22)30(28,29)14-9-10-15(17(12-14)25(26)27)24-18(13-6-2-1-3-7-13)16-8-4-5-11-23-16/h1-12,18,24H. The molecular formula is C19H14F3N3O4S. The molecule has 1 aromatic heterocycles. The van der Waals surface area contributed by atoms with Crippen molar-refractivity contribution in [2.45, 2.75) is 16.4 Å². The van der Waals surface area contributed by atoms with Crippen molar-refractivity contribution in [1.29, 1.82) is 0 Å². The summed E-state index contributed by atoms with van der Waals surface area (Å²) in [5.74, 6) is 0. The molecule has 0 aliphatic carbocycles. The van der Waals surface area contributed by atoms with Crippen LogP contribution in [0.1, 0.15) is 17.3 Å². The molecule has 7 nitrogen and oxygen atoms in total. The van der Waals surface area contributed by atoms with Gasteiger partial charge in [0.1, 0.15) is 5.69 Å². The Morgan fingerprint density at radius 3 is 2.23 bits per heavy atom. The Bertz CT molecular complexity index is 1120. The number of alkyl halides is 3. The van der Waals surface area contributed by atoms with Crippen LogP contribution in [-0.4, -0.2) is 23.8 Å². The van der Waals surface area contributed by atoms with E-state index in [1.165, 1.54) is 6.20 Å². The number of hydrogen-bond donors (Lipinski definition) is 1. The molecule has 0 bridgehead atoms. The molecule has 1 heterocycles. The summed E-state index contributed by atoms with van der Waals surface area (Å²) in [6.07, 6.45) is 1.53. The molecule has 0 fully saturated rings. The second-order valence-electron chi connectivity index (χ2n) is 6.13. The summed E-state index contributed by atoms with van der Waals surface area (Å²) >= 11 is 0. The van der Waals surface area contributed by atoms with E-state index in [1.54, 1.807) is 48.5 Å². The van der Waals surface area contributed by atoms with Gasteiger partial charge in [0.25, 0.3) is 15.5 Å². The molecule has 11 heteroatoms. The van der Waals surface area contributed by atoms with Gasteiger partial charge in [0, 0.05) is 12.3 Å². The summed E-state index contributed by atoms with van der Waals surface area (Å²) in [5.41, 5.74) is -5.34. The number of nitrogens with zero attached hydrogens (tertiary/aromatic N) is 2. The lowest BCUT2D eigenvalue weighted by atomic mass is 10.0. The van der Waals surface area contributed by atoms with Crippen LogP contribution in [0.25, 0.3) is 0 Å². The molecule has 0 saturated heterocycles. The van der Waals surface area contributed by atoms with Crippen molar-refractivity contribution in [2.75, 3.05) is 5.32 Å². The van der Waals surface area contributed by atoms with Gasteiger partial charge >= 0.3 is 5.51 Å². The third-order valence-electron chi connectivity index (χ3n) is 4.20. The Labute approximate surface area is 169 Å². The molecule has 0 radical (unpaired) electrons. The number of anilines is 1. The number of pyridine rings is 1. The molecule has 0 saturated carbocycles. The van der Waals surface area contributed by atoms with Crippen molar-refractivity contribution < 1.29 is 26.5 Å². The van der Waals surface area contributed by atoms with Crippen LogP contribution in [0, 0.1) is 10.1 Å². The van der Waals surface area contributed by atoms with E-state index in [9.17, 15) is 31.7 Å². The topological polar surface area (TPSA) is 102 Å². The lowest BCUT2D eigenvalue weighted by Gasteiger charge is -2.20. The minimum atomic E-state index is -5.73. The zero-order chi connectivity index (χ0) is 21.9. The second-order valence-corrected chi connectivity index (χ2v) is 8.07. The molecule has 0 aliphatic heterocycles. The molecular weight excluding hydrogens is 423 g/mol. The molecule has 156 valence electrons. The number of nitrogens with one attached hydrogen (secondary N) is 1. The summed E-state index contributed by atoms with van der Waals surface area (Å²) < 4.78 is 61.7. The minimum absolute atomic E-state index is 0.152. The summed E-state index contributed by atoms with van der Waals surface area (Å²) in [7, 11) is -5.73. The lowest BCUT2D eigenvalue weighted by Crippen LogP contribution is -2.23. The van der Waals surface area contributed by atoms with Gasteiger partial charge in [-0.3, -0.25) is 15.1 Å². The molecule has 0 amide bonds. The number of hydrogen-bond acceptors (Lipinski definition) is 6. The van der Waals surface area contributed by atoms with E-state index in [4.69, 9.17) is 0 Å². The highest BCUT2D eigenvalue weighted by atomic mass is 32.2. The lowest BCUT2D eigenvalue weighted by molar-refractivity contribution is -0.384. The summed E-state index contributed by atoms with van der Waals surface area (Å²) in [6, 6.07) is 15.2. The van der Waals surface area contributed by atoms with Crippen LogP contribution in [0.5, 0.6) is 0 Å². The fraction of sp³-hybridized carbons (Fsp3) is 0.105. The van der Waals surface area contributed by atoms with E-state index in [-0.39, 0.29) is 5.69 Å². The summed E-state index contributed by atoms with van der Waals surface area (Å²) in [4.78, 5) is 13.6. The van der Waals surface area contributed by atoms with Crippen LogP contribution in [0.3, 0.4) is 0 Å². The fourth-order valence-electron chi connectivity index (χ4n) is 2.76. The Morgan fingerprint density at radius 2 is 1.67 bits per heavy atom. The SMILES string of the molecule is O=[N+]([O-])c1cc(S(=O)(=O)C(F)(F)F)ccc1NC(c1ccccc1)c1ccccn1. The van der Waals surface area contributed by atoms with Gasteiger partial charge in [0.2, 0.25) is 0 Å². The van der Waals surface area contributed by atoms with E-state index >= 15 is 0 Å². The van der Waals surface area contributed by atoms with Crippen LogP contribution >= 0.6 is 0 Å². The van der Waals surface area contributed by atoms with Crippen molar-refractivity contribution in [3.05, 3.63) is 94.3 Å². The molecule has 1 N–H and O–H groups in total. The number of halogens is 3. The molecule has 0 spiro atoms. The van der Waals surface area contributed by atoms with Crippen molar-refractivity contribution in [1.82, 2.24) is 4.98 Å². The highest BCUT2D eigenvalue weighted by molar-refractivity contribution is 7.92. The summed E-state index contributed by atoms with van der Waals surface area (Å²) in [5, 5.41) is 14.4. The first-order valence-corrected chi connectivity index (χ1v) is 9.92. The Balaban J connectivity index is 2.09. The normalized spacial score (nSPS) is 12.9. The second kappa shape index (κ2) is 8.11. The maximum Gasteiger partial charge on any atom is 0.501 e. The predicted molar refractivity (Wildman–Crippen MR) is 102 cm³/mol. The van der Waals surface area contributed by atoms with E-state index in [1.807, 2.05) is 0 Å². The van der Waals surface area contributed by atoms with Gasteiger partial charge in [0.05, 0.1) is 21.6 Å². The Kier molecular flexibility index (Phi) is 5.74. The van der Waals surface area contributed by atoms with Gasteiger partial charge in [-0.1, -0.05) is 36.4 Å². The minimum Gasteiger partial charge on any atom is -0.367 e. The zero-order valence-corrected chi connectivity index (χ0v) is 15.9. The van der Waals surface area contributed by atoms with Crippen molar-refractivity contribution >= 4 is 21.2 Å². The Hall–Kier alpha value is -3.47. The van der Waals surface area contributed by atoms with Crippen molar-refractivity contribution in [3.8, 4) is 0 Å². The highest BCUT2D eigenvalue weighted by Gasteiger charge is 2.47. The zero-order valence-electron chi connectivity index (χ0n) is 15.1. The quantitative estimate of drug-likeness (QED) is 0.451. The molecule has 1 unspecified atom stereocenters. The fourth-order valence-corrected chi connectivity index (χ4v) is 3.54. The smallest absolute Gasteiger partial charge is 0.367 e. The van der Waals surface area contributed by atoms with Gasteiger partial charge in [-0.2, -0.15) is 13.2 Å². The number of aromatic nitrogens is 1. The van der Waals surface area contributed by atoms with Crippen LogP contribution in [0.15, 0.2) is 77.8 Å². The number of sulfone groups is 1. The van der Waals surface area contributed by atoms with Gasteiger partial charge in [0.15, 0.2) is 0 Å². The first-order valence-electron chi connectivity index (χ1n) is 8.43. The average Bonchev–Trinajstić information content (AvgIpc) is 2.72. The van der Waals surface area contributed by atoms with Gasteiger partial charge in [-0.05, 0) is 29.8 Å². The number of rotatable bonds is 6.